The van der Waals surface area contributed by atoms with Crippen LogP contribution < -0.4 is 0 Å². The monoisotopic (exact) mass is 698 g/mol. The fourth-order valence-corrected chi connectivity index (χ4v) is 6.70. The van der Waals surface area contributed by atoms with E-state index >= 15 is 0 Å². The molecule has 3 N–H and O–H groups in total. The van der Waals surface area contributed by atoms with Gasteiger partial charge >= 0.3 is 12.1 Å². The number of aliphatic carboxylic acids is 1. The van der Waals surface area contributed by atoms with Gasteiger partial charge in [0.1, 0.15) is 0 Å². The van der Waals surface area contributed by atoms with Gasteiger partial charge in [-0.25, -0.2) is 4.79 Å². The number of benzene rings is 2. The van der Waals surface area contributed by atoms with Crippen LogP contribution in [0.2, 0.25) is 0 Å². The molecule has 12 heteroatoms. The van der Waals surface area contributed by atoms with Crippen LogP contribution in [0.5, 0.6) is 0 Å². The second kappa shape index (κ2) is 22.4. The predicted molar refractivity (Wildman–Crippen MR) is 190 cm³/mol. The Kier molecular flexibility index (Phi) is 18.2. The van der Waals surface area contributed by atoms with Gasteiger partial charge in [0.15, 0.2) is 0 Å². The number of hydrogen-bond acceptors (Lipinski definition) is 11. The maximum Gasteiger partial charge on any atom is 0.373 e. The van der Waals surface area contributed by atoms with Gasteiger partial charge in [-0.15, -0.1) is 22.7 Å². The van der Waals surface area contributed by atoms with Gasteiger partial charge in [-0.2, -0.15) is 9.59 Å². The lowest BCUT2D eigenvalue weighted by atomic mass is 10.1. The Labute approximate surface area is 289 Å². The second-order valence-corrected chi connectivity index (χ2v) is 13.4. The first-order chi connectivity index (χ1) is 23.3. The number of aliphatic hydroxyl groups excluding tert-OH is 2. The van der Waals surface area contributed by atoms with Crippen molar-refractivity contribution >= 4 is 55.0 Å². The molecule has 0 amide bonds. The van der Waals surface area contributed by atoms with Crippen LogP contribution in [0.15, 0.2) is 71.9 Å². The Morgan fingerprint density at radius 1 is 0.771 bits per heavy atom. The van der Waals surface area contributed by atoms with E-state index in [1.54, 1.807) is 22.7 Å². The summed E-state index contributed by atoms with van der Waals surface area (Å²) in [6, 6.07) is 17.7. The van der Waals surface area contributed by atoms with Gasteiger partial charge in [-0.05, 0) is 82.6 Å². The highest BCUT2D eigenvalue weighted by Crippen LogP contribution is 2.23. The number of hydrogen-bond donors (Lipinski definition) is 3. The topological polar surface area (TPSA) is 137 Å². The molecule has 2 aromatic carbocycles. The number of carbonyl (C=O) groups excluding carboxylic acids is 2. The average molecular weight is 699 g/mol. The second-order valence-electron chi connectivity index (χ2n) is 11.5. The molecule has 0 unspecified atom stereocenters. The number of nitrogens with zero attached hydrogens (tertiary/aromatic N) is 2. The predicted octanol–water partition coefficient (Wildman–Crippen LogP) is 4.73. The summed E-state index contributed by atoms with van der Waals surface area (Å²) in [4.78, 5) is 30.0. The van der Waals surface area contributed by atoms with Gasteiger partial charge in [0.25, 0.3) is 0 Å². The van der Waals surface area contributed by atoms with E-state index in [-0.39, 0.29) is 18.4 Å². The Morgan fingerprint density at radius 2 is 1.17 bits per heavy atom. The first-order valence-corrected chi connectivity index (χ1v) is 17.8. The standard InChI is InChI=1S/2C16H21NO2S.C3H4O2.CO2/c2*18-15-11-17(12-15)6-1-7-19-8-4-13-2-3-16-14(10-13)5-9-20-16;1-2-3(4)5;2-1-3/h2*2-3,5,9-10,15,18H,1,4,6-8,11-12H2;2H,1H2,(H,4,5);. The van der Waals surface area contributed by atoms with E-state index < -0.39 is 5.97 Å². The molecule has 48 heavy (non-hydrogen) atoms. The van der Waals surface area contributed by atoms with Crippen LogP contribution in [0.25, 0.3) is 20.2 Å². The van der Waals surface area contributed by atoms with E-state index in [0.29, 0.717) is 0 Å². The third-order valence-corrected chi connectivity index (χ3v) is 9.48. The maximum atomic E-state index is 9.25. The van der Waals surface area contributed by atoms with E-state index in [1.165, 1.54) is 31.3 Å². The number of likely N-dealkylation sites (tertiary alicyclic amines) is 2. The smallest absolute Gasteiger partial charge is 0.373 e. The molecule has 0 bridgehead atoms. The fraction of sp³-hybridized carbons (Fsp3) is 0.444. The maximum absolute atomic E-state index is 9.25. The molecule has 0 saturated carbocycles. The number of carboxylic acid groups (broad SMARTS) is 1. The SMILES string of the molecule is C=CC(=O)O.O=C=O.OC1CN(CCCOCCc2ccc3sccc3c2)C1.OC1CN(CCCOCCc2ccc3sccc3c2)C1. The molecule has 2 fully saturated rings. The molecule has 2 saturated heterocycles. The number of fused-ring (bicyclic) bond motifs is 2. The first kappa shape index (κ1) is 39.2. The van der Waals surface area contributed by atoms with Gasteiger partial charge < -0.3 is 24.8 Å². The summed E-state index contributed by atoms with van der Waals surface area (Å²) in [5.41, 5.74) is 2.70. The summed E-state index contributed by atoms with van der Waals surface area (Å²) < 4.78 is 14.1. The Balaban J connectivity index is 0.000000214. The van der Waals surface area contributed by atoms with Gasteiger partial charge in [-0.1, -0.05) is 30.8 Å². The minimum atomic E-state index is -0.981. The third kappa shape index (κ3) is 14.9. The summed E-state index contributed by atoms with van der Waals surface area (Å²) in [6.07, 6.45) is 4.96. The Bertz CT molecular complexity index is 1440. The van der Waals surface area contributed by atoms with Gasteiger partial charge in [-0.3, -0.25) is 9.80 Å². The van der Waals surface area contributed by atoms with E-state index in [9.17, 15) is 15.0 Å². The van der Waals surface area contributed by atoms with Crippen molar-refractivity contribution in [1.29, 1.82) is 0 Å². The van der Waals surface area contributed by atoms with Gasteiger partial charge in [0.05, 0.1) is 25.4 Å². The molecule has 4 aromatic rings. The molecule has 0 aliphatic carbocycles. The minimum Gasteiger partial charge on any atom is -0.478 e. The molecule has 2 aromatic heterocycles. The van der Waals surface area contributed by atoms with Gasteiger partial charge in [0.2, 0.25) is 0 Å². The average Bonchev–Trinajstić information content (AvgIpc) is 3.72. The molecule has 0 spiro atoms. The quantitative estimate of drug-likeness (QED) is 0.118. The molecule has 4 heterocycles. The molecular weight excluding hydrogens is 653 g/mol. The summed E-state index contributed by atoms with van der Waals surface area (Å²) in [5, 5.41) is 32.9. The van der Waals surface area contributed by atoms with Crippen LogP contribution >= 0.6 is 22.7 Å². The Morgan fingerprint density at radius 3 is 1.52 bits per heavy atom. The number of thiophene rings is 2. The van der Waals surface area contributed by atoms with E-state index in [2.05, 4.69) is 75.7 Å². The normalized spacial score (nSPS) is 14.7. The van der Waals surface area contributed by atoms with Crippen LogP contribution in [0.4, 0.5) is 0 Å². The van der Waals surface area contributed by atoms with Crippen LogP contribution in [0.1, 0.15) is 24.0 Å². The summed E-state index contributed by atoms with van der Waals surface area (Å²) >= 11 is 3.58. The lowest BCUT2D eigenvalue weighted by molar-refractivity contribution is -0.191. The zero-order valence-corrected chi connectivity index (χ0v) is 28.8. The highest BCUT2D eigenvalue weighted by atomic mass is 32.1. The van der Waals surface area contributed by atoms with Crippen LogP contribution in [0, 0.1) is 0 Å². The lowest BCUT2D eigenvalue weighted by Crippen LogP contribution is -2.50. The molecule has 0 atom stereocenters. The number of carbonyl (C=O) groups is 1. The van der Waals surface area contributed by atoms with Crippen molar-refractivity contribution in [2.24, 2.45) is 0 Å². The molecule has 2 aliphatic rings. The zero-order chi connectivity index (χ0) is 34.6. The van der Waals surface area contributed by atoms with Crippen molar-refractivity contribution in [2.45, 2.75) is 37.9 Å². The van der Waals surface area contributed by atoms with E-state index in [4.69, 9.17) is 24.2 Å². The number of aliphatic hydroxyl groups is 2. The number of ether oxygens (including phenoxy) is 2. The van der Waals surface area contributed by atoms with Crippen molar-refractivity contribution in [2.75, 3.05) is 65.7 Å². The third-order valence-electron chi connectivity index (χ3n) is 7.68. The minimum absolute atomic E-state index is 0.0945. The number of rotatable bonds is 15. The fourth-order valence-electron chi connectivity index (χ4n) is 5.16. The largest absolute Gasteiger partial charge is 0.478 e. The molecule has 260 valence electrons. The highest BCUT2D eigenvalue weighted by molar-refractivity contribution is 7.17. The van der Waals surface area contributed by atoms with Crippen LogP contribution in [-0.2, 0) is 36.7 Å². The molecular formula is C36H46N2O8S2. The number of carboxylic acids is 1. The zero-order valence-electron chi connectivity index (χ0n) is 27.2. The van der Waals surface area contributed by atoms with Crippen molar-refractivity contribution in [3.63, 3.8) is 0 Å². The van der Waals surface area contributed by atoms with Crippen molar-refractivity contribution in [3.8, 4) is 0 Å². The van der Waals surface area contributed by atoms with Crippen molar-refractivity contribution in [3.05, 3.63) is 83.1 Å². The van der Waals surface area contributed by atoms with Crippen LogP contribution in [0.3, 0.4) is 0 Å². The molecule has 0 radical (unpaired) electrons. The summed E-state index contributed by atoms with van der Waals surface area (Å²) in [6.45, 7) is 11.6. The van der Waals surface area contributed by atoms with E-state index in [1.807, 2.05) is 0 Å². The molecule has 10 nitrogen and oxygen atoms in total. The highest BCUT2D eigenvalue weighted by Gasteiger charge is 2.23. The molecule has 6 rings (SSSR count). The first-order valence-electron chi connectivity index (χ1n) is 16.0. The summed E-state index contributed by atoms with van der Waals surface area (Å²) in [7, 11) is 0. The van der Waals surface area contributed by atoms with E-state index in [0.717, 1.165) is 97.5 Å². The summed E-state index contributed by atoms with van der Waals surface area (Å²) in [5.74, 6) is -0.981. The van der Waals surface area contributed by atoms with Crippen molar-refractivity contribution < 1.29 is 39.2 Å². The van der Waals surface area contributed by atoms with Crippen molar-refractivity contribution in [1.82, 2.24) is 9.80 Å². The van der Waals surface area contributed by atoms with Crippen LogP contribution in [-0.4, -0.2) is 115 Å². The molecule has 2 aliphatic heterocycles. The Hall–Kier alpha value is -3.29. The number of β-amino-alcohol motifs (C(OH)–C–C–N with tert-alkyl or cyclic N) is 2. The van der Waals surface area contributed by atoms with Gasteiger partial charge in [0, 0.05) is 68.0 Å². The lowest BCUT2D eigenvalue weighted by Gasteiger charge is -2.35.